The van der Waals surface area contributed by atoms with E-state index in [4.69, 9.17) is 10.6 Å². The Kier molecular flexibility index (Phi) is 3.40. The van der Waals surface area contributed by atoms with E-state index in [1.54, 1.807) is 7.11 Å². The van der Waals surface area contributed by atoms with Crippen LogP contribution in [0.25, 0.3) is 0 Å². The Balaban J connectivity index is 2.26. The second-order valence-corrected chi connectivity index (χ2v) is 4.28. The number of anilines is 1. The van der Waals surface area contributed by atoms with E-state index >= 15 is 0 Å². The lowest BCUT2D eigenvalue weighted by atomic mass is 10.2. The zero-order chi connectivity index (χ0) is 10.7. The van der Waals surface area contributed by atoms with E-state index < -0.39 is 0 Å². The summed E-state index contributed by atoms with van der Waals surface area (Å²) in [5.41, 5.74) is 4.89. The van der Waals surface area contributed by atoms with Crippen LogP contribution >= 0.6 is 11.8 Å². The molecule has 0 aromatic carbocycles. The highest BCUT2D eigenvalue weighted by Gasteiger charge is 2.18. The predicted octanol–water partition coefficient (Wildman–Crippen LogP) is 0.698. The topological polar surface area (TPSA) is 73.1 Å². The Bertz CT molecular complexity index is 358. The van der Waals surface area contributed by atoms with Gasteiger partial charge in [0.05, 0.1) is 12.3 Å². The van der Waals surface area contributed by atoms with E-state index in [1.807, 2.05) is 11.8 Å². The van der Waals surface area contributed by atoms with E-state index in [9.17, 15) is 0 Å². The van der Waals surface area contributed by atoms with Gasteiger partial charge in [-0.1, -0.05) is 0 Å². The number of methoxy groups -OCH3 is 1. The number of ether oxygens (including phenoxy) is 1. The summed E-state index contributed by atoms with van der Waals surface area (Å²) in [4.78, 5) is 8.85. The lowest BCUT2D eigenvalue weighted by molar-refractivity contribution is 0.200. The molecule has 0 fully saturated rings. The summed E-state index contributed by atoms with van der Waals surface area (Å²) in [6, 6.07) is 0. The van der Waals surface area contributed by atoms with Gasteiger partial charge in [0.1, 0.15) is 11.6 Å². The van der Waals surface area contributed by atoms with E-state index in [2.05, 4.69) is 15.4 Å². The maximum atomic E-state index is 5.44. The third-order valence-electron chi connectivity index (χ3n) is 2.29. The second-order valence-electron chi connectivity index (χ2n) is 3.29. The van der Waals surface area contributed by atoms with Crippen molar-refractivity contribution in [2.75, 3.05) is 19.1 Å². The number of nitrogens with one attached hydrogen (secondary N) is 1. The van der Waals surface area contributed by atoms with Crippen molar-refractivity contribution in [2.24, 2.45) is 5.84 Å². The molecule has 1 aromatic rings. The molecule has 0 spiro atoms. The van der Waals surface area contributed by atoms with Crippen molar-refractivity contribution in [3.8, 4) is 0 Å². The van der Waals surface area contributed by atoms with Gasteiger partial charge in [-0.25, -0.2) is 15.8 Å². The van der Waals surface area contributed by atoms with Gasteiger partial charge in [-0.15, -0.1) is 0 Å². The highest BCUT2D eigenvalue weighted by Crippen LogP contribution is 2.32. The predicted molar refractivity (Wildman–Crippen MR) is 60.4 cm³/mol. The first-order chi connectivity index (χ1) is 7.35. The van der Waals surface area contributed by atoms with Crippen LogP contribution in [0.1, 0.15) is 17.1 Å². The summed E-state index contributed by atoms with van der Waals surface area (Å²) in [6.45, 7) is 0.635. The first-order valence-corrected chi connectivity index (χ1v) is 5.92. The van der Waals surface area contributed by atoms with E-state index in [0.717, 1.165) is 40.8 Å². The number of nitrogens with zero attached hydrogens (tertiary/aromatic N) is 2. The maximum absolute atomic E-state index is 5.44. The summed E-state index contributed by atoms with van der Waals surface area (Å²) < 4.78 is 5.00. The summed E-state index contributed by atoms with van der Waals surface area (Å²) in [6.07, 6.45) is 0.725. The molecule has 1 aliphatic heterocycles. The first kappa shape index (κ1) is 10.7. The van der Waals surface area contributed by atoms with Crippen LogP contribution in [0.5, 0.6) is 0 Å². The molecule has 0 bridgehead atoms. The van der Waals surface area contributed by atoms with E-state index in [-0.39, 0.29) is 0 Å². The van der Waals surface area contributed by atoms with Crippen LogP contribution in [-0.4, -0.2) is 23.7 Å². The zero-order valence-corrected chi connectivity index (χ0v) is 9.43. The quantitative estimate of drug-likeness (QED) is 0.581. The minimum Gasteiger partial charge on any atom is -0.384 e. The molecule has 82 valence electrons. The molecule has 0 amide bonds. The molecule has 0 saturated heterocycles. The number of aromatic nitrogens is 2. The highest BCUT2D eigenvalue weighted by molar-refractivity contribution is 7.98. The van der Waals surface area contributed by atoms with Gasteiger partial charge in [-0.3, -0.25) is 0 Å². The minimum absolute atomic E-state index is 0.635. The fourth-order valence-electron chi connectivity index (χ4n) is 1.53. The number of nitrogens with two attached hydrogens (primary N) is 1. The average molecular weight is 226 g/mol. The Morgan fingerprint density at radius 3 is 3.07 bits per heavy atom. The Morgan fingerprint density at radius 1 is 1.47 bits per heavy atom. The number of hydrogen-bond acceptors (Lipinski definition) is 6. The van der Waals surface area contributed by atoms with Crippen molar-refractivity contribution >= 4 is 17.6 Å². The Hall–Kier alpha value is -0.850. The monoisotopic (exact) mass is 226 g/mol. The molecule has 0 radical (unpaired) electrons. The largest absolute Gasteiger partial charge is 0.384 e. The Morgan fingerprint density at radius 2 is 2.33 bits per heavy atom. The average Bonchev–Trinajstić information content (AvgIpc) is 2.73. The standard InChI is InChI=1S/C9H14N4OS/c1-14-3-2-8-11-7-5-15-4-6(7)9(12-8)13-10/h2-5,10H2,1H3,(H,11,12,13). The number of hydrogen-bond donors (Lipinski definition) is 2. The number of hydrazine groups is 1. The third-order valence-corrected chi connectivity index (χ3v) is 3.26. The fourth-order valence-corrected chi connectivity index (χ4v) is 2.57. The van der Waals surface area contributed by atoms with Crippen molar-refractivity contribution in [2.45, 2.75) is 17.9 Å². The van der Waals surface area contributed by atoms with Gasteiger partial charge < -0.3 is 10.2 Å². The molecule has 5 nitrogen and oxygen atoms in total. The zero-order valence-electron chi connectivity index (χ0n) is 8.62. The summed E-state index contributed by atoms with van der Waals surface area (Å²) in [7, 11) is 1.67. The van der Waals surface area contributed by atoms with Crippen LogP contribution in [0.15, 0.2) is 0 Å². The molecule has 2 rings (SSSR count). The van der Waals surface area contributed by atoms with Crippen molar-refractivity contribution < 1.29 is 4.74 Å². The molecule has 15 heavy (non-hydrogen) atoms. The van der Waals surface area contributed by atoms with Gasteiger partial charge in [0.15, 0.2) is 0 Å². The van der Waals surface area contributed by atoms with Crippen molar-refractivity contribution in [1.29, 1.82) is 0 Å². The second kappa shape index (κ2) is 4.78. The maximum Gasteiger partial charge on any atom is 0.148 e. The van der Waals surface area contributed by atoms with Crippen molar-refractivity contribution in [3.63, 3.8) is 0 Å². The van der Waals surface area contributed by atoms with Crippen LogP contribution in [0.2, 0.25) is 0 Å². The lowest BCUT2D eigenvalue weighted by Gasteiger charge is -2.08. The molecule has 2 heterocycles. The summed E-state index contributed by atoms with van der Waals surface area (Å²) >= 11 is 1.84. The smallest absolute Gasteiger partial charge is 0.148 e. The molecule has 6 heteroatoms. The SMILES string of the molecule is COCCc1nc2c(c(NN)n1)CSC2. The molecule has 0 unspecified atom stereocenters. The van der Waals surface area contributed by atoms with Gasteiger partial charge in [0.2, 0.25) is 0 Å². The number of nitrogen functional groups attached to an aromatic ring is 1. The van der Waals surface area contributed by atoms with Gasteiger partial charge in [-0.2, -0.15) is 11.8 Å². The molecule has 0 aliphatic carbocycles. The third kappa shape index (κ3) is 2.22. The molecule has 1 aromatic heterocycles. The molecule has 0 saturated carbocycles. The Labute approximate surface area is 92.8 Å². The number of rotatable bonds is 4. The van der Waals surface area contributed by atoms with Crippen LogP contribution in [0.4, 0.5) is 5.82 Å². The van der Waals surface area contributed by atoms with E-state index in [0.29, 0.717) is 6.61 Å². The normalized spacial score (nSPS) is 14.0. The van der Waals surface area contributed by atoms with Crippen LogP contribution in [0.3, 0.4) is 0 Å². The minimum atomic E-state index is 0.635. The number of fused-ring (bicyclic) bond motifs is 1. The molecule has 0 atom stereocenters. The van der Waals surface area contributed by atoms with Gasteiger partial charge in [-0.05, 0) is 0 Å². The highest BCUT2D eigenvalue weighted by atomic mass is 32.2. The summed E-state index contributed by atoms with van der Waals surface area (Å²) in [5, 5.41) is 0. The molecular formula is C9H14N4OS. The lowest BCUT2D eigenvalue weighted by Crippen LogP contribution is -2.14. The van der Waals surface area contributed by atoms with Crippen LogP contribution in [0, 0.1) is 0 Å². The molecule has 3 N–H and O–H groups in total. The number of thioether (sulfide) groups is 1. The summed E-state index contributed by atoms with van der Waals surface area (Å²) in [5.74, 6) is 8.89. The van der Waals surface area contributed by atoms with E-state index in [1.165, 1.54) is 0 Å². The first-order valence-electron chi connectivity index (χ1n) is 4.77. The van der Waals surface area contributed by atoms with Crippen molar-refractivity contribution in [1.82, 2.24) is 9.97 Å². The van der Waals surface area contributed by atoms with Crippen molar-refractivity contribution in [3.05, 3.63) is 17.1 Å². The fraction of sp³-hybridized carbons (Fsp3) is 0.556. The van der Waals surface area contributed by atoms with Crippen LogP contribution in [-0.2, 0) is 22.7 Å². The molecule has 1 aliphatic rings. The van der Waals surface area contributed by atoms with Gasteiger partial charge in [0.25, 0.3) is 0 Å². The molecular weight excluding hydrogens is 212 g/mol. The van der Waals surface area contributed by atoms with Crippen LogP contribution < -0.4 is 11.3 Å². The van der Waals surface area contributed by atoms with Gasteiger partial charge >= 0.3 is 0 Å². The van der Waals surface area contributed by atoms with Gasteiger partial charge in [0, 0.05) is 30.6 Å².